The summed E-state index contributed by atoms with van der Waals surface area (Å²) < 4.78 is 1.85. The maximum absolute atomic E-state index is 5.34. The van der Waals surface area contributed by atoms with Crippen LogP contribution in [0.1, 0.15) is 11.3 Å². The van der Waals surface area contributed by atoms with Crippen LogP contribution >= 0.6 is 0 Å². The zero-order chi connectivity index (χ0) is 11.4. The molecular formula is C13H13N3. The minimum atomic E-state index is 0.741. The lowest BCUT2D eigenvalue weighted by Gasteiger charge is -2.06. The molecule has 0 saturated carbocycles. The first-order valence-electron chi connectivity index (χ1n) is 5.07. The summed E-state index contributed by atoms with van der Waals surface area (Å²) in [7, 11) is 1.93. The molecule has 0 aliphatic rings. The molecule has 0 radical (unpaired) electrons. The largest absolute Gasteiger partial charge is 0.379 e. The molecule has 0 bridgehead atoms. The summed E-state index contributed by atoms with van der Waals surface area (Å²) in [4.78, 5) is 0. The van der Waals surface area contributed by atoms with Crippen molar-refractivity contribution in [2.75, 3.05) is 5.32 Å². The van der Waals surface area contributed by atoms with E-state index in [4.69, 9.17) is 6.42 Å². The lowest BCUT2D eigenvalue weighted by molar-refractivity contribution is 0.720. The minimum absolute atomic E-state index is 0.741. The Morgan fingerprint density at radius 3 is 3.00 bits per heavy atom. The van der Waals surface area contributed by atoms with Crippen LogP contribution in [0.4, 0.5) is 5.69 Å². The van der Waals surface area contributed by atoms with Crippen LogP contribution in [0.2, 0.25) is 0 Å². The summed E-state index contributed by atoms with van der Waals surface area (Å²) in [5, 5.41) is 7.41. The number of benzene rings is 1. The van der Waals surface area contributed by atoms with Crippen LogP contribution < -0.4 is 5.32 Å². The molecule has 3 nitrogen and oxygen atoms in total. The van der Waals surface area contributed by atoms with Gasteiger partial charge in [0.2, 0.25) is 0 Å². The Morgan fingerprint density at radius 2 is 2.31 bits per heavy atom. The van der Waals surface area contributed by atoms with Crippen LogP contribution in [0.3, 0.4) is 0 Å². The molecule has 2 aromatic rings. The molecule has 3 heteroatoms. The van der Waals surface area contributed by atoms with Crippen molar-refractivity contribution in [1.82, 2.24) is 9.78 Å². The van der Waals surface area contributed by atoms with Crippen molar-refractivity contribution in [3.8, 4) is 12.3 Å². The molecule has 1 aromatic heterocycles. The van der Waals surface area contributed by atoms with Crippen molar-refractivity contribution >= 4 is 5.69 Å². The highest BCUT2D eigenvalue weighted by atomic mass is 15.3. The summed E-state index contributed by atoms with van der Waals surface area (Å²) in [5.41, 5.74) is 3.04. The highest BCUT2D eigenvalue weighted by Gasteiger charge is 1.98. The molecule has 0 unspecified atom stereocenters. The fourth-order valence-corrected chi connectivity index (χ4v) is 1.49. The van der Waals surface area contributed by atoms with Gasteiger partial charge in [-0.3, -0.25) is 4.68 Å². The van der Waals surface area contributed by atoms with E-state index >= 15 is 0 Å². The summed E-state index contributed by atoms with van der Waals surface area (Å²) in [6, 6.07) is 9.79. The number of anilines is 1. The van der Waals surface area contributed by atoms with Gasteiger partial charge in [0.1, 0.15) is 0 Å². The molecule has 0 fully saturated rings. The Labute approximate surface area is 95.1 Å². The molecule has 1 aromatic carbocycles. The minimum Gasteiger partial charge on any atom is -0.379 e. The molecule has 1 heterocycles. The number of nitrogens with zero attached hydrogens (tertiary/aromatic N) is 2. The fraction of sp³-hybridized carbons (Fsp3) is 0.154. The van der Waals surface area contributed by atoms with Gasteiger partial charge >= 0.3 is 0 Å². The third-order valence-corrected chi connectivity index (χ3v) is 2.43. The van der Waals surface area contributed by atoms with Crippen LogP contribution in [0.15, 0.2) is 36.5 Å². The summed E-state index contributed by atoms with van der Waals surface area (Å²) >= 11 is 0. The first-order chi connectivity index (χ1) is 7.79. The van der Waals surface area contributed by atoms with Gasteiger partial charge in [-0.1, -0.05) is 12.0 Å². The quantitative estimate of drug-likeness (QED) is 0.787. The zero-order valence-electron chi connectivity index (χ0n) is 9.14. The first-order valence-corrected chi connectivity index (χ1v) is 5.07. The SMILES string of the molecule is C#Cc1cccc(NCc2ccnn2C)c1. The van der Waals surface area contributed by atoms with Gasteiger partial charge in [0.05, 0.1) is 12.2 Å². The van der Waals surface area contributed by atoms with E-state index in [1.54, 1.807) is 6.20 Å². The van der Waals surface area contributed by atoms with Gasteiger partial charge in [0.25, 0.3) is 0 Å². The molecule has 0 saturated heterocycles. The van der Waals surface area contributed by atoms with Gasteiger partial charge in [0, 0.05) is 24.5 Å². The van der Waals surface area contributed by atoms with E-state index in [-0.39, 0.29) is 0 Å². The molecular weight excluding hydrogens is 198 g/mol. The molecule has 0 aliphatic carbocycles. The van der Waals surface area contributed by atoms with Crippen LogP contribution in [0.25, 0.3) is 0 Å². The fourth-order valence-electron chi connectivity index (χ4n) is 1.49. The van der Waals surface area contributed by atoms with Gasteiger partial charge in [0.15, 0.2) is 0 Å². The van der Waals surface area contributed by atoms with Gasteiger partial charge in [-0.25, -0.2) is 0 Å². The van der Waals surface area contributed by atoms with Gasteiger partial charge in [-0.05, 0) is 24.3 Å². The molecule has 0 aliphatic heterocycles. The van der Waals surface area contributed by atoms with Crippen molar-refractivity contribution < 1.29 is 0 Å². The predicted octanol–water partition coefficient (Wildman–Crippen LogP) is 2.01. The van der Waals surface area contributed by atoms with E-state index in [2.05, 4.69) is 16.3 Å². The lowest BCUT2D eigenvalue weighted by Crippen LogP contribution is -2.05. The Balaban J connectivity index is 2.05. The van der Waals surface area contributed by atoms with Gasteiger partial charge < -0.3 is 5.32 Å². The molecule has 0 atom stereocenters. The van der Waals surface area contributed by atoms with E-state index < -0.39 is 0 Å². The Kier molecular flexibility index (Phi) is 2.93. The van der Waals surface area contributed by atoms with E-state index in [9.17, 15) is 0 Å². The molecule has 0 spiro atoms. The number of hydrogen-bond donors (Lipinski definition) is 1. The lowest BCUT2D eigenvalue weighted by atomic mass is 10.2. The summed E-state index contributed by atoms with van der Waals surface area (Å²) in [6.07, 6.45) is 7.13. The van der Waals surface area contributed by atoms with Crippen LogP contribution in [0, 0.1) is 12.3 Å². The van der Waals surface area contributed by atoms with Gasteiger partial charge in [-0.2, -0.15) is 5.10 Å². The van der Waals surface area contributed by atoms with Crippen LogP contribution in [0.5, 0.6) is 0 Å². The van der Waals surface area contributed by atoms with Crippen molar-refractivity contribution in [2.24, 2.45) is 7.05 Å². The average Bonchev–Trinajstić information content (AvgIpc) is 2.72. The van der Waals surface area contributed by atoms with E-state index in [0.717, 1.165) is 23.5 Å². The topological polar surface area (TPSA) is 29.9 Å². The monoisotopic (exact) mass is 211 g/mol. The maximum Gasteiger partial charge on any atom is 0.0571 e. The van der Waals surface area contributed by atoms with E-state index in [1.807, 2.05) is 42.1 Å². The second-order valence-corrected chi connectivity index (χ2v) is 3.52. The molecule has 2 rings (SSSR count). The molecule has 80 valence electrons. The van der Waals surface area contributed by atoms with Crippen molar-refractivity contribution in [1.29, 1.82) is 0 Å². The second kappa shape index (κ2) is 4.54. The van der Waals surface area contributed by atoms with Crippen molar-refractivity contribution in [3.05, 3.63) is 47.8 Å². The average molecular weight is 211 g/mol. The molecule has 1 N–H and O–H groups in total. The van der Waals surface area contributed by atoms with Gasteiger partial charge in [-0.15, -0.1) is 6.42 Å². The second-order valence-electron chi connectivity index (χ2n) is 3.52. The summed E-state index contributed by atoms with van der Waals surface area (Å²) in [5.74, 6) is 2.61. The number of nitrogens with one attached hydrogen (secondary N) is 1. The highest BCUT2D eigenvalue weighted by molar-refractivity contribution is 5.50. The van der Waals surface area contributed by atoms with Crippen molar-refractivity contribution in [3.63, 3.8) is 0 Å². The third-order valence-electron chi connectivity index (χ3n) is 2.43. The number of terminal acetylenes is 1. The number of rotatable bonds is 3. The van der Waals surface area contributed by atoms with Crippen LogP contribution in [-0.2, 0) is 13.6 Å². The standard InChI is InChI=1S/C13H13N3/c1-3-11-5-4-6-12(9-11)14-10-13-7-8-15-16(13)2/h1,4-9,14H,10H2,2H3. The molecule has 16 heavy (non-hydrogen) atoms. The Hall–Kier alpha value is -2.21. The number of hydrogen-bond acceptors (Lipinski definition) is 2. The Morgan fingerprint density at radius 1 is 1.44 bits per heavy atom. The molecule has 0 amide bonds. The summed E-state index contributed by atoms with van der Waals surface area (Å²) in [6.45, 7) is 0.741. The first kappa shape index (κ1) is 10.3. The number of aromatic nitrogens is 2. The smallest absolute Gasteiger partial charge is 0.0571 e. The maximum atomic E-state index is 5.34. The highest BCUT2D eigenvalue weighted by Crippen LogP contribution is 2.11. The van der Waals surface area contributed by atoms with E-state index in [1.165, 1.54) is 0 Å². The third kappa shape index (κ3) is 2.23. The predicted molar refractivity (Wildman–Crippen MR) is 64.9 cm³/mol. The normalized spacial score (nSPS) is 9.75. The van der Waals surface area contributed by atoms with Crippen LogP contribution in [-0.4, -0.2) is 9.78 Å². The zero-order valence-corrected chi connectivity index (χ0v) is 9.14. The van der Waals surface area contributed by atoms with Crippen molar-refractivity contribution in [2.45, 2.75) is 6.54 Å². The van der Waals surface area contributed by atoms with E-state index in [0.29, 0.717) is 0 Å². The Bertz CT molecular complexity index is 520. The number of aryl methyl sites for hydroxylation is 1.